The number of aromatic nitrogens is 4. The highest BCUT2D eigenvalue weighted by molar-refractivity contribution is 7.89. The Hall–Kier alpha value is -4.04. The second kappa shape index (κ2) is 10.5. The van der Waals surface area contributed by atoms with Crippen molar-refractivity contribution in [3.05, 3.63) is 82.4 Å². The molecule has 0 N–H and O–H groups in total. The van der Waals surface area contributed by atoms with Crippen LogP contribution in [-0.4, -0.2) is 57.5 Å². The molecule has 1 spiro atoms. The van der Waals surface area contributed by atoms with E-state index in [0.29, 0.717) is 35.1 Å². The summed E-state index contributed by atoms with van der Waals surface area (Å²) in [6, 6.07) is 10.1. The molecule has 3 aromatic heterocycles. The molecule has 1 aliphatic carbocycles. The number of nitrogens with zero attached hydrogens (tertiary/aromatic N) is 5. The molecule has 44 heavy (non-hydrogen) atoms. The molecule has 4 heterocycles. The molecular weight excluding hydrogens is 599 g/mol. The summed E-state index contributed by atoms with van der Waals surface area (Å²) < 4.78 is 81.7. The predicted octanol–water partition coefficient (Wildman–Crippen LogP) is 4.82. The molecule has 2 atom stereocenters. The minimum atomic E-state index is -4.70. The number of aryl methyl sites for hydroxylation is 2. The zero-order valence-electron chi connectivity index (χ0n) is 24.4. The number of ether oxygens (including phenoxy) is 2. The number of hydrogen-bond donors (Lipinski definition) is 0. The molecule has 6 rings (SSSR count). The largest absolute Gasteiger partial charge is 0.469 e. The first-order valence-electron chi connectivity index (χ1n) is 14.0. The van der Waals surface area contributed by atoms with E-state index in [2.05, 4.69) is 15.2 Å². The highest BCUT2D eigenvalue weighted by Gasteiger charge is 2.52. The molecule has 1 aromatic carbocycles. The third kappa shape index (κ3) is 5.09. The number of esters is 1. The van der Waals surface area contributed by atoms with Crippen molar-refractivity contribution in [3.8, 4) is 5.88 Å². The number of halogens is 3. The zero-order chi connectivity index (χ0) is 31.6. The molecule has 0 amide bonds. The van der Waals surface area contributed by atoms with E-state index in [1.807, 2.05) is 25.1 Å². The predicted molar refractivity (Wildman–Crippen MR) is 151 cm³/mol. The van der Waals surface area contributed by atoms with E-state index in [4.69, 9.17) is 9.47 Å². The van der Waals surface area contributed by atoms with Crippen molar-refractivity contribution in [2.24, 2.45) is 5.92 Å². The van der Waals surface area contributed by atoms with Gasteiger partial charge in [-0.3, -0.25) is 9.20 Å². The summed E-state index contributed by atoms with van der Waals surface area (Å²) in [6.07, 6.45) is -0.553. The Morgan fingerprint density at radius 3 is 2.59 bits per heavy atom. The normalized spacial score (nSPS) is 18.7. The lowest BCUT2D eigenvalue weighted by atomic mass is 9.79. The first-order valence-corrected chi connectivity index (χ1v) is 15.4. The molecule has 14 heteroatoms. The average molecular weight is 630 g/mol. The van der Waals surface area contributed by atoms with Crippen LogP contribution < -0.4 is 4.74 Å². The Morgan fingerprint density at radius 2 is 1.91 bits per heavy atom. The van der Waals surface area contributed by atoms with Gasteiger partial charge in [0.05, 0.1) is 19.6 Å². The first-order chi connectivity index (χ1) is 20.8. The Bertz CT molecular complexity index is 1890. The second-order valence-corrected chi connectivity index (χ2v) is 13.4. The van der Waals surface area contributed by atoms with Gasteiger partial charge in [0.2, 0.25) is 21.7 Å². The monoisotopic (exact) mass is 629 g/mol. The molecule has 0 unspecified atom stereocenters. The van der Waals surface area contributed by atoms with E-state index in [-0.39, 0.29) is 29.5 Å². The lowest BCUT2D eigenvalue weighted by Gasteiger charge is -2.27. The van der Waals surface area contributed by atoms with Gasteiger partial charge in [0, 0.05) is 24.9 Å². The van der Waals surface area contributed by atoms with Crippen molar-refractivity contribution in [1.29, 1.82) is 0 Å². The SMILES string of the molecule is COC(=O)[C@@H](C)[C@H](c1ccc(C)c(CN2CC3(CC3)Oc3ncccc3S2(=O)=O)c1)c1ccn2c(C(F)(F)F)nnc2c1C. The average Bonchev–Trinajstić information content (AvgIpc) is 3.59. The highest BCUT2D eigenvalue weighted by atomic mass is 32.2. The minimum absolute atomic E-state index is 0.00485. The molecule has 2 aliphatic rings. The summed E-state index contributed by atoms with van der Waals surface area (Å²) in [7, 11) is -2.69. The van der Waals surface area contributed by atoms with Crippen LogP contribution in [-0.2, 0) is 32.3 Å². The van der Waals surface area contributed by atoms with Crippen LogP contribution >= 0.6 is 0 Å². The number of alkyl halides is 3. The maximum Gasteiger partial charge on any atom is 0.452 e. The quantitative estimate of drug-likeness (QED) is 0.279. The Morgan fingerprint density at radius 1 is 1.16 bits per heavy atom. The standard InChI is InChI=1S/C30H30F3N5O5S/c1-17-7-8-20(14-21(17)15-37-16-29(10-11-29)43-26-23(44(37,40)41)6-5-12-34-26)24(19(3)27(39)42-4)22-9-13-38-25(18(22)2)35-36-28(38)30(31,32)33/h5-9,12-14,19,24H,10-11,15-16H2,1-4H3/t19-,24+/m0/s1. The molecule has 0 saturated heterocycles. The van der Waals surface area contributed by atoms with Gasteiger partial charge in [0.15, 0.2) is 5.65 Å². The van der Waals surface area contributed by atoms with Gasteiger partial charge < -0.3 is 9.47 Å². The summed E-state index contributed by atoms with van der Waals surface area (Å²) in [5.41, 5.74) is 2.57. The van der Waals surface area contributed by atoms with Crippen LogP contribution in [0.3, 0.4) is 0 Å². The van der Waals surface area contributed by atoms with Gasteiger partial charge in [-0.15, -0.1) is 10.2 Å². The summed E-state index contributed by atoms with van der Waals surface area (Å²) >= 11 is 0. The Labute approximate surface area is 251 Å². The van der Waals surface area contributed by atoms with Crippen LogP contribution in [0.1, 0.15) is 59.3 Å². The second-order valence-electron chi connectivity index (χ2n) is 11.5. The lowest BCUT2D eigenvalue weighted by Crippen LogP contribution is -2.38. The first kappa shape index (κ1) is 30.0. The number of pyridine rings is 2. The molecule has 0 bridgehead atoms. The highest BCUT2D eigenvalue weighted by Crippen LogP contribution is 2.46. The van der Waals surface area contributed by atoms with Crippen LogP contribution in [0.2, 0.25) is 0 Å². The van der Waals surface area contributed by atoms with Gasteiger partial charge in [-0.2, -0.15) is 17.5 Å². The number of carbonyl (C=O) groups excluding carboxylic acids is 1. The van der Waals surface area contributed by atoms with Gasteiger partial charge in [0.25, 0.3) is 0 Å². The van der Waals surface area contributed by atoms with Crippen molar-refractivity contribution in [2.75, 3.05) is 13.7 Å². The van der Waals surface area contributed by atoms with E-state index in [1.54, 1.807) is 19.9 Å². The van der Waals surface area contributed by atoms with E-state index in [1.165, 1.54) is 35.9 Å². The molecule has 4 aromatic rings. The molecule has 10 nitrogen and oxygen atoms in total. The molecule has 1 aliphatic heterocycles. The van der Waals surface area contributed by atoms with Gasteiger partial charge in [-0.25, -0.2) is 13.4 Å². The van der Waals surface area contributed by atoms with Crippen LogP contribution in [0.25, 0.3) is 5.65 Å². The number of benzene rings is 1. The molecule has 1 fully saturated rings. The fourth-order valence-electron chi connectivity index (χ4n) is 5.90. The van der Waals surface area contributed by atoms with E-state index in [0.717, 1.165) is 9.96 Å². The molecule has 0 radical (unpaired) electrons. The fraction of sp³-hybridized carbons (Fsp3) is 0.400. The number of sulfonamides is 1. The van der Waals surface area contributed by atoms with Crippen molar-refractivity contribution in [1.82, 2.24) is 23.9 Å². The zero-order valence-corrected chi connectivity index (χ0v) is 25.2. The van der Waals surface area contributed by atoms with Crippen LogP contribution in [0.4, 0.5) is 13.2 Å². The van der Waals surface area contributed by atoms with Gasteiger partial charge >= 0.3 is 12.1 Å². The minimum Gasteiger partial charge on any atom is -0.469 e. The van der Waals surface area contributed by atoms with Crippen molar-refractivity contribution in [3.63, 3.8) is 0 Å². The number of rotatable bonds is 6. The summed E-state index contributed by atoms with van der Waals surface area (Å²) in [5.74, 6) is -2.96. The van der Waals surface area contributed by atoms with Crippen LogP contribution in [0.5, 0.6) is 5.88 Å². The van der Waals surface area contributed by atoms with Crippen LogP contribution in [0.15, 0.2) is 53.7 Å². The smallest absolute Gasteiger partial charge is 0.452 e. The summed E-state index contributed by atoms with van der Waals surface area (Å²) in [4.78, 5) is 17.1. The van der Waals surface area contributed by atoms with E-state index >= 15 is 0 Å². The third-order valence-electron chi connectivity index (χ3n) is 8.55. The topological polar surface area (TPSA) is 116 Å². The van der Waals surface area contributed by atoms with Crippen LogP contribution in [0, 0.1) is 19.8 Å². The van der Waals surface area contributed by atoms with Crippen molar-refractivity contribution >= 4 is 21.6 Å². The third-order valence-corrected chi connectivity index (χ3v) is 10.4. The number of methoxy groups -OCH3 is 1. The van der Waals surface area contributed by atoms with Gasteiger partial charge in [-0.05, 0) is 72.7 Å². The Kier molecular flexibility index (Phi) is 7.19. The van der Waals surface area contributed by atoms with Crippen molar-refractivity contribution < 1.29 is 35.9 Å². The maximum absolute atomic E-state index is 13.8. The maximum atomic E-state index is 13.8. The molecular formula is C30H30F3N5O5S. The lowest BCUT2D eigenvalue weighted by molar-refractivity contribution is -0.146. The van der Waals surface area contributed by atoms with E-state index < -0.39 is 45.4 Å². The number of hydrogen-bond acceptors (Lipinski definition) is 8. The van der Waals surface area contributed by atoms with Crippen molar-refractivity contribution in [2.45, 2.75) is 62.7 Å². The number of carbonyl (C=O) groups is 1. The fourth-order valence-corrected chi connectivity index (χ4v) is 7.46. The van der Waals surface area contributed by atoms with Gasteiger partial charge in [0.1, 0.15) is 10.5 Å². The summed E-state index contributed by atoms with van der Waals surface area (Å²) in [5, 5.41) is 7.16. The summed E-state index contributed by atoms with van der Waals surface area (Å²) in [6.45, 7) is 5.38. The van der Waals surface area contributed by atoms with Gasteiger partial charge in [-0.1, -0.05) is 25.1 Å². The number of fused-ring (bicyclic) bond motifs is 2. The Balaban J connectivity index is 1.44. The van der Waals surface area contributed by atoms with E-state index in [9.17, 15) is 26.4 Å². The molecule has 1 saturated carbocycles. The molecule has 232 valence electrons.